The van der Waals surface area contributed by atoms with Gasteiger partial charge in [-0.25, -0.2) is 4.39 Å². The van der Waals surface area contributed by atoms with Gasteiger partial charge in [0.2, 0.25) is 11.1 Å². The van der Waals surface area contributed by atoms with E-state index in [9.17, 15) is 9.18 Å². The fraction of sp³-hybridized carbons (Fsp3) is 0.125. The standard InChI is InChI=1S/C16H14FN5OS/c1-11(15(23)18-13-9-7-12(17)8-10-13)24-16-19-20-21-22(16)14-5-3-2-4-6-14/h2-11H,1H3,(H,18,23). The highest BCUT2D eigenvalue weighted by atomic mass is 32.2. The van der Waals surface area contributed by atoms with Gasteiger partial charge in [-0.1, -0.05) is 30.0 Å². The first-order chi connectivity index (χ1) is 11.6. The second-order valence-electron chi connectivity index (χ2n) is 4.97. The Morgan fingerprint density at radius 1 is 1.17 bits per heavy atom. The number of hydrogen-bond acceptors (Lipinski definition) is 5. The lowest BCUT2D eigenvalue weighted by Crippen LogP contribution is -2.22. The third-order valence-electron chi connectivity index (χ3n) is 3.20. The van der Waals surface area contributed by atoms with Crippen LogP contribution in [0, 0.1) is 5.82 Å². The van der Waals surface area contributed by atoms with E-state index in [1.54, 1.807) is 11.6 Å². The highest BCUT2D eigenvalue weighted by Gasteiger charge is 2.19. The van der Waals surface area contributed by atoms with Crippen LogP contribution in [-0.4, -0.2) is 31.4 Å². The number of nitrogens with one attached hydrogen (secondary N) is 1. The van der Waals surface area contributed by atoms with Crippen molar-refractivity contribution in [3.05, 3.63) is 60.4 Å². The number of benzene rings is 2. The summed E-state index contributed by atoms with van der Waals surface area (Å²) in [6.07, 6.45) is 0. The van der Waals surface area contributed by atoms with Crippen LogP contribution in [0.1, 0.15) is 6.92 Å². The molecule has 6 nitrogen and oxygen atoms in total. The first-order valence-electron chi connectivity index (χ1n) is 7.20. The van der Waals surface area contributed by atoms with Gasteiger partial charge in [0.15, 0.2) is 0 Å². The summed E-state index contributed by atoms with van der Waals surface area (Å²) < 4.78 is 14.5. The van der Waals surface area contributed by atoms with E-state index in [0.29, 0.717) is 10.8 Å². The van der Waals surface area contributed by atoms with Gasteiger partial charge in [-0.15, -0.1) is 5.10 Å². The first-order valence-corrected chi connectivity index (χ1v) is 8.08. The Morgan fingerprint density at radius 3 is 2.58 bits per heavy atom. The van der Waals surface area contributed by atoms with Crippen molar-refractivity contribution in [3.8, 4) is 5.69 Å². The second kappa shape index (κ2) is 7.22. The summed E-state index contributed by atoms with van der Waals surface area (Å²) in [5.74, 6) is -0.563. The van der Waals surface area contributed by atoms with Gasteiger partial charge in [0.25, 0.3) is 0 Å². The summed E-state index contributed by atoms with van der Waals surface area (Å²) in [6, 6.07) is 15.0. The molecule has 1 N–H and O–H groups in total. The van der Waals surface area contributed by atoms with Crippen molar-refractivity contribution in [1.29, 1.82) is 0 Å². The lowest BCUT2D eigenvalue weighted by Gasteiger charge is -2.11. The van der Waals surface area contributed by atoms with Crippen LogP contribution < -0.4 is 5.32 Å². The number of halogens is 1. The van der Waals surface area contributed by atoms with Crippen LogP contribution in [0.15, 0.2) is 59.8 Å². The van der Waals surface area contributed by atoms with Gasteiger partial charge >= 0.3 is 0 Å². The van der Waals surface area contributed by atoms with Gasteiger partial charge in [0.05, 0.1) is 10.9 Å². The van der Waals surface area contributed by atoms with Crippen LogP contribution in [0.4, 0.5) is 10.1 Å². The summed E-state index contributed by atoms with van der Waals surface area (Å²) in [7, 11) is 0. The van der Waals surface area contributed by atoms with Crippen LogP contribution in [0.25, 0.3) is 5.69 Å². The van der Waals surface area contributed by atoms with Crippen molar-refractivity contribution in [2.75, 3.05) is 5.32 Å². The number of aromatic nitrogens is 4. The molecule has 0 radical (unpaired) electrons. The van der Waals surface area contributed by atoms with Gasteiger partial charge in [-0.2, -0.15) is 4.68 Å². The molecule has 0 aliphatic heterocycles. The minimum absolute atomic E-state index is 0.214. The fourth-order valence-corrected chi connectivity index (χ4v) is 2.78. The van der Waals surface area contributed by atoms with Crippen LogP contribution in [0.5, 0.6) is 0 Å². The predicted octanol–water partition coefficient (Wildman–Crippen LogP) is 2.92. The molecule has 3 rings (SSSR count). The van der Waals surface area contributed by atoms with E-state index in [-0.39, 0.29) is 11.7 Å². The molecule has 0 saturated heterocycles. The summed E-state index contributed by atoms with van der Waals surface area (Å²) in [6.45, 7) is 1.76. The second-order valence-corrected chi connectivity index (χ2v) is 6.27. The maximum Gasteiger partial charge on any atom is 0.237 e. The van der Waals surface area contributed by atoms with Gasteiger partial charge < -0.3 is 5.32 Å². The summed E-state index contributed by atoms with van der Waals surface area (Å²) in [4.78, 5) is 12.3. The molecule has 0 bridgehead atoms. The van der Waals surface area contributed by atoms with E-state index in [2.05, 4.69) is 20.8 Å². The average Bonchev–Trinajstić information content (AvgIpc) is 3.05. The van der Waals surface area contributed by atoms with Crippen molar-refractivity contribution < 1.29 is 9.18 Å². The Bertz CT molecular complexity index is 822. The number of carbonyl (C=O) groups is 1. The van der Waals surface area contributed by atoms with Gasteiger partial charge in [0, 0.05) is 5.69 Å². The predicted molar refractivity (Wildman–Crippen MR) is 89.5 cm³/mol. The van der Waals surface area contributed by atoms with E-state index < -0.39 is 5.25 Å². The van der Waals surface area contributed by atoms with Crippen molar-refractivity contribution in [1.82, 2.24) is 20.2 Å². The maximum absolute atomic E-state index is 12.9. The highest BCUT2D eigenvalue weighted by Crippen LogP contribution is 2.23. The first kappa shape index (κ1) is 16.1. The van der Waals surface area contributed by atoms with E-state index in [1.165, 1.54) is 36.0 Å². The van der Waals surface area contributed by atoms with Crippen LogP contribution >= 0.6 is 11.8 Å². The zero-order chi connectivity index (χ0) is 16.9. The number of amides is 1. The lowest BCUT2D eigenvalue weighted by molar-refractivity contribution is -0.115. The minimum Gasteiger partial charge on any atom is -0.325 e. The van der Waals surface area contributed by atoms with E-state index in [4.69, 9.17) is 0 Å². The minimum atomic E-state index is -0.427. The average molecular weight is 343 g/mol. The van der Waals surface area contributed by atoms with Crippen LogP contribution in [-0.2, 0) is 4.79 Å². The Kier molecular flexibility index (Phi) is 4.85. The molecule has 1 amide bonds. The summed E-state index contributed by atoms with van der Waals surface area (Å²) in [5.41, 5.74) is 1.35. The summed E-state index contributed by atoms with van der Waals surface area (Å²) >= 11 is 1.24. The van der Waals surface area contributed by atoms with Crippen molar-refractivity contribution in [3.63, 3.8) is 0 Å². The number of rotatable bonds is 5. The lowest BCUT2D eigenvalue weighted by atomic mass is 10.3. The van der Waals surface area contributed by atoms with Crippen molar-refractivity contribution in [2.45, 2.75) is 17.3 Å². The molecule has 0 spiro atoms. The molecule has 3 aromatic rings. The number of para-hydroxylation sites is 1. The molecule has 2 aromatic carbocycles. The smallest absolute Gasteiger partial charge is 0.237 e. The topological polar surface area (TPSA) is 72.7 Å². The number of tetrazole rings is 1. The molecular formula is C16H14FN5OS. The molecule has 1 unspecified atom stereocenters. The Labute approximate surface area is 142 Å². The molecule has 24 heavy (non-hydrogen) atoms. The molecule has 1 aromatic heterocycles. The molecular weight excluding hydrogens is 329 g/mol. The summed E-state index contributed by atoms with van der Waals surface area (Å²) in [5, 5.41) is 14.4. The number of nitrogens with zero attached hydrogens (tertiary/aromatic N) is 4. The fourth-order valence-electron chi connectivity index (χ4n) is 1.97. The van der Waals surface area contributed by atoms with E-state index >= 15 is 0 Å². The van der Waals surface area contributed by atoms with E-state index in [1.807, 2.05) is 30.3 Å². The Balaban J connectivity index is 1.69. The Morgan fingerprint density at radius 2 is 1.88 bits per heavy atom. The van der Waals surface area contributed by atoms with Crippen molar-refractivity contribution >= 4 is 23.4 Å². The van der Waals surface area contributed by atoms with Crippen molar-refractivity contribution in [2.24, 2.45) is 0 Å². The molecule has 1 atom stereocenters. The van der Waals surface area contributed by atoms with Gasteiger partial charge in [-0.3, -0.25) is 4.79 Å². The monoisotopic (exact) mass is 343 g/mol. The molecule has 1 heterocycles. The third kappa shape index (κ3) is 3.77. The molecule has 122 valence electrons. The molecule has 0 aliphatic carbocycles. The zero-order valence-corrected chi connectivity index (χ0v) is 13.6. The maximum atomic E-state index is 12.9. The molecule has 0 aliphatic rings. The highest BCUT2D eigenvalue weighted by molar-refractivity contribution is 8.00. The quantitative estimate of drug-likeness (QED) is 0.721. The normalized spacial score (nSPS) is 11.9. The zero-order valence-electron chi connectivity index (χ0n) is 12.8. The van der Waals surface area contributed by atoms with Gasteiger partial charge in [0.1, 0.15) is 5.82 Å². The SMILES string of the molecule is CC(Sc1nnnn1-c1ccccc1)C(=O)Nc1ccc(F)cc1. The number of anilines is 1. The third-order valence-corrected chi connectivity index (χ3v) is 4.24. The van der Waals surface area contributed by atoms with Gasteiger partial charge in [-0.05, 0) is 53.7 Å². The number of carbonyl (C=O) groups excluding carboxylic acids is 1. The van der Waals surface area contributed by atoms with Crippen LogP contribution in [0.3, 0.4) is 0 Å². The largest absolute Gasteiger partial charge is 0.325 e. The molecule has 8 heteroatoms. The number of hydrogen-bond donors (Lipinski definition) is 1. The Hall–Kier alpha value is -2.74. The number of thioether (sulfide) groups is 1. The molecule has 0 fully saturated rings. The molecule has 0 saturated carbocycles. The van der Waals surface area contributed by atoms with Crippen LogP contribution in [0.2, 0.25) is 0 Å². The van der Waals surface area contributed by atoms with E-state index in [0.717, 1.165) is 5.69 Å².